The predicted octanol–water partition coefficient (Wildman–Crippen LogP) is 1.19. The molecule has 0 unspecified atom stereocenters. The van der Waals surface area contributed by atoms with E-state index in [1.54, 1.807) is 7.11 Å². The first-order valence-corrected chi connectivity index (χ1v) is 4.96. The number of benzene rings is 1. The van der Waals surface area contributed by atoms with Gasteiger partial charge in [0, 0.05) is 6.07 Å². The summed E-state index contributed by atoms with van der Waals surface area (Å²) in [7, 11) is 3.60. The number of ether oxygens (including phenoxy) is 3. The summed E-state index contributed by atoms with van der Waals surface area (Å²) in [5.74, 6) is 2.43. The van der Waals surface area contributed by atoms with Crippen molar-refractivity contribution in [3.63, 3.8) is 0 Å². The molecule has 1 N–H and O–H groups in total. The van der Waals surface area contributed by atoms with Gasteiger partial charge in [0.05, 0.1) is 7.11 Å². The zero-order chi connectivity index (χ0) is 10.7. The molecular weight excluding hydrogens is 194 g/mol. The highest BCUT2D eigenvalue weighted by atomic mass is 16.7. The summed E-state index contributed by atoms with van der Waals surface area (Å²) in [6.45, 7) is 1.21. The van der Waals surface area contributed by atoms with E-state index < -0.39 is 0 Å². The van der Waals surface area contributed by atoms with Crippen molar-refractivity contribution in [1.29, 1.82) is 0 Å². The van der Waals surface area contributed by atoms with Crippen LogP contribution < -0.4 is 19.5 Å². The molecule has 0 spiro atoms. The molecule has 82 valence electrons. The van der Waals surface area contributed by atoms with Gasteiger partial charge < -0.3 is 19.5 Å². The molecule has 1 aromatic carbocycles. The first kappa shape index (κ1) is 10.1. The summed E-state index contributed by atoms with van der Waals surface area (Å²) in [5, 5.41) is 3.11. The zero-order valence-electron chi connectivity index (χ0n) is 9.00. The van der Waals surface area contributed by atoms with E-state index in [0.29, 0.717) is 6.79 Å². The van der Waals surface area contributed by atoms with Crippen LogP contribution in [0, 0.1) is 0 Å². The minimum absolute atomic E-state index is 0.300. The van der Waals surface area contributed by atoms with E-state index >= 15 is 0 Å². The summed E-state index contributed by atoms with van der Waals surface area (Å²) in [6, 6.07) is 3.87. The molecule has 2 rings (SSSR count). The molecule has 0 bridgehead atoms. The molecule has 1 aliphatic rings. The highest BCUT2D eigenvalue weighted by Gasteiger charge is 2.17. The Balaban J connectivity index is 2.27. The predicted molar refractivity (Wildman–Crippen MR) is 56.7 cm³/mol. The molecule has 1 aromatic rings. The molecule has 0 amide bonds. The van der Waals surface area contributed by atoms with Crippen LogP contribution in [0.1, 0.15) is 5.56 Å². The summed E-state index contributed by atoms with van der Waals surface area (Å²) in [5.41, 5.74) is 1.14. The lowest BCUT2D eigenvalue weighted by atomic mass is 10.1. The van der Waals surface area contributed by atoms with E-state index in [-0.39, 0.29) is 0 Å². The van der Waals surface area contributed by atoms with Crippen LogP contribution in [0.4, 0.5) is 0 Å². The largest absolute Gasteiger partial charge is 0.496 e. The lowest BCUT2D eigenvalue weighted by Crippen LogP contribution is -2.10. The Morgan fingerprint density at radius 2 is 2.07 bits per heavy atom. The van der Waals surface area contributed by atoms with E-state index in [4.69, 9.17) is 14.2 Å². The van der Waals surface area contributed by atoms with Gasteiger partial charge >= 0.3 is 0 Å². The molecular formula is C11H15NO3. The Labute approximate surface area is 89.1 Å². The van der Waals surface area contributed by atoms with E-state index in [0.717, 1.165) is 35.8 Å². The van der Waals surface area contributed by atoms with Crippen LogP contribution in [-0.2, 0) is 6.42 Å². The minimum atomic E-state index is 0.300. The normalized spacial score (nSPS) is 12.9. The quantitative estimate of drug-likeness (QED) is 0.808. The molecule has 0 radical (unpaired) electrons. The molecule has 0 fully saturated rings. The fourth-order valence-electron chi connectivity index (χ4n) is 1.61. The van der Waals surface area contributed by atoms with Crippen LogP contribution in [0.2, 0.25) is 0 Å². The number of rotatable bonds is 4. The summed E-state index contributed by atoms with van der Waals surface area (Å²) < 4.78 is 15.9. The third kappa shape index (κ3) is 1.99. The van der Waals surface area contributed by atoms with Gasteiger partial charge in [-0.15, -0.1) is 0 Å². The molecule has 4 nitrogen and oxygen atoms in total. The van der Waals surface area contributed by atoms with Gasteiger partial charge in [0.1, 0.15) is 5.75 Å². The number of methoxy groups -OCH3 is 1. The number of hydrogen-bond donors (Lipinski definition) is 1. The number of fused-ring (bicyclic) bond motifs is 1. The molecule has 0 aliphatic carbocycles. The maximum atomic E-state index is 5.32. The molecule has 1 aliphatic heterocycles. The van der Waals surface area contributed by atoms with Gasteiger partial charge in [-0.05, 0) is 31.6 Å². The van der Waals surface area contributed by atoms with Crippen LogP contribution >= 0.6 is 0 Å². The first-order chi connectivity index (χ1) is 7.35. The Bertz CT molecular complexity index is 352. The van der Waals surface area contributed by atoms with Gasteiger partial charge in [0.25, 0.3) is 0 Å². The van der Waals surface area contributed by atoms with Crippen LogP contribution in [-0.4, -0.2) is 27.5 Å². The van der Waals surface area contributed by atoms with Crippen molar-refractivity contribution < 1.29 is 14.2 Å². The molecule has 0 atom stereocenters. The molecule has 1 heterocycles. The van der Waals surface area contributed by atoms with Gasteiger partial charge in [-0.2, -0.15) is 0 Å². The topological polar surface area (TPSA) is 39.7 Å². The molecule has 0 saturated carbocycles. The molecule has 4 heteroatoms. The third-order valence-electron chi connectivity index (χ3n) is 2.42. The molecule has 0 aromatic heterocycles. The number of likely N-dealkylation sites (N-methyl/N-ethyl adjacent to an activating group) is 1. The lowest BCUT2D eigenvalue weighted by molar-refractivity contribution is 0.174. The third-order valence-corrected chi connectivity index (χ3v) is 2.42. The fraction of sp³-hybridized carbons (Fsp3) is 0.455. The van der Waals surface area contributed by atoms with Crippen molar-refractivity contribution >= 4 is 0 Å². The summed E-state index contributed by atoms with van der Waals surface area (Å²) in [4.78, 5) is 0. The Hall–Kier alpha value is -1.42. The van der Waals surface area contributed by atoms with Gasteiger partial charge in [-0.25, -0.2) is 0 Å². The van der Waals surface area contributed by atoms with Gasteiger partial charge in [0.15, 0.2) is 11.5 Å². The Morgan fingerprint density at radius 1 is 1.33 bits per heavy atom. The monoisotopic (exact) mass is 209 g/mol. The first-order valence-electron chi connectivity index (χ1n) is 4.96. The Kier molecular flexibility index (Phi) is 2.97. The van der Waals surface area contributed by atoms with Crippen LogP contribution in [0.15, 0.2) is 12.1 Å². The standard InChI is InChI=1S/C11H15NO3/c1-12-4-3-8-5-10-11(15-7-14-10)6-9(8)13-2/h5-6,12H,3-4,7H2,1-2H3. The maximum Gasteiger partial charge on any atom is 0.231 e. The summed E-state index contributed by atoms with van der Waals surface area (Å²) >= 11 is 0. The molecule has 0 saturated heterocycles. The van der Waals surface area contributed by atoms with Crippen LogP contribution in [0.5, 0.6) is 17.2 Å². The van der Waals surface area contributed by atoms with Crippen LogP contribution in [0.25, 0.3) is 0 Å². The minimum Gasteiger partial charge on any atom is -0.496 e. The van der Waals surface area contributed by atoms with E-state index in [1.165, 1.54) is 0 Å². The van der Waals surface area contributed by atoms with Crippen LogP contribution in [0.3, 0.4) is 0 Å². The van der Waals surface area contributed by atoms with Crippen molar-refractivity contribution in [2.24, 2.45) is 0 Å². The number of nitrogens with one attached hydrogen (secondary N) is 1. The van der Waals surface area contributed by atoms with Gasteiger partial charge in [0.2, 0.25) is 6.79 Å². The SMILES string of the molecule is CNCCc1cc2c(cc1OC)OCO2. The number of hydrogen-bond acceptors (Lipinski definition) is 4. The van der Waals surface area contributed by atoms with Crippen molar-refractivity contribution in [1.82, 2.24) is 5.32 Å². The van der Waals surface area contributed by atoms with Gasteiger partial charge in [-0.3, -0.25) is 0 Å². The second kappa shape index (κ2) is 4.40. The van der Waals surface area contributed by atoms with E-state index in [9.17, 15) is 0 Å². The Morgan fingerprint density at radius 3 is 2.73 bits per heavy atom. The maximum absolute atomic E-state index is 5.32. The van der Waals surface area contributed by atoms with E-state index in [1.807, 2.05) is 19.2 Å². The average Bonchev–Trinajstić information content (AvgIpc) is 2.71. The second-order valence-electron chi connectivity index (χ2n) is 3.37. The van der Waals surface area contributed by atoms with E-state index in [2.05, 4.69) is 5.32 Å². The highest BCUT2D eigenvalue weighted by molar-refractivity contribution is 5.51. The van der Waals surface area contributed by atoms with Crippen molar-refractivity contribution in [2.75, 3.05) is 27.5 Å². The zero-order valence-corrected chi connectivity index (χ0v) is 9.00. The summed E-state index contributed by atoms with van der Waals surface area (Å²) in [6.07, 6.45) is 0.913. The van der Waals surface area contributed by atoms with Gasteiger partial charge in [-0.1, -0.05) is 0 Å². The molecule has 15 heavy (non-hydrogen) atoms. The van der Waals surface area contributed by atoms with Crippen molar-refractivity contribution in [3.8, 4) is 17.2 Å². The van der Waals surface area contributed by atoms with Crippen molar-refractivity contribution in [2.45, 2.75) is 6.42 Å². The smallest absolute Gasteiger partial charge is 0.231 e. The van der Waals surface area contributed by atoms with Crippen molar-refractivity contribution in [3.05, 3.63) is 17.7 Å². The lowest BCUT2D eigenvalue weighted by Gasteiger charge is -2.09. The second-order valence-corrected chi connectivity index (χ2v) is 3.37. The fourth-order valence-corrected chi connectivity index (χ4v) is 1.61. The highest BCUT2D eigenvalue weighted by Crippen LogP contribution is 2.38. The average molecular weight is 209 g/mol.